The second-order valence-corrected chi connectivity index (χ2v) is 8.36. The minimum atomic E-state index is -0.255. The van der Waals surface area contributed by atoms with E-state index in [1.165, 1.54) is 31.8 Å². The van der Waals surface area contributed by atoms with Gasteiger partial charge in [-0.2, -0.15) is 11.8 Å². The van der Waals surface area contributed by atoms with Gasteiger partial charge in [0.15, 0.2) is 0 Å². The number of nitrogens with zero attached hydrogens (tertiary/aromatic N) is 3. The lowest BCUT2D eigenvalue weighted by molar-refractivity contribution is 0.0374. The van der Waals surface area contributed by atoms with E-state index in [1.807, 2.05) is 30.2 Å². The number of rotatable bonds is 5. The second kappa shape index (κ2) is 7.06. The number of hydrogen-bond acceptors (Lipinski definition) is 4. The molecule has 0 amide bonds. The summed E-state index contributed by atoms with van der Waals surface area (Å²) in [5, 5.41) is 10.8. The monoisotopic (exact) mass is 345 g/mol. The number of hydrogen-bond donors (Lipinski definition) is 1. The third-order valence-corrected chi connectivity index (χ3v) is 6.54. The van der Waals surface area contributed by atoms with Crippen molar-refractivity contribution in [3.63, 3.8) is 0 Å². The molecule has 2 heterocycles. The first-order valence-electron chi connectivity index (χ1n) is 9.07. The van der Waals surface area contributed by atoms with Crippen LogP contribution in [0.25, 0.3) is 11.0 Å². The van der Waals surface area contributed by atoms with Crippen molar-refractivity contribution in [1.29, 1.82) is 0 Å². The molecule has 1 saturated heterocycles. The molecule has 2 fully saturated rings. The largest absolute Gasteiger partial charge is 0.391 e. The van der Waals surface area contributed by atoms with Gasteiger partial charge in [0.25, 0.3) is 0 Å². The predicted molar refractivity (Wildman–Crippen MR) is 100 cm³/mol. The Balaban J connectivity index is 1.48. The maximum atomic E-state index is 10.8. The molecule has 1 aliphatic heterocycles. The Labute approximate surface area is 148 Å². The fraction of sp³-hybridized carbons (Fsp3) is 0.632. The van der Waals surface area contributed by atoms with Crippen LogP contribution in [0.2, 0.25) is 0 Å². The van der Waals surface area contributed by atoms with Crippen molar-refractivity contribution < 1.29 is 5.11 Å². The summed E-state index contributed by atoms with van der Waals surface area (Å²) in [4.78, 5) is 7.14. The van der Waals surface area contributed by atoms with E-state index in [4.69, 9.17) is 0 Å². The number of aromatic nitrogens is 2. The zero-order valence-corrected chi connectivity index (χ0v) is 15.2. The molecule has 0 radical (unpaired) electrons. The predicted octanol–water partition coefficient (Wildman–Crippen LogP) is 3.03. The van der Waals surface area contributed by atoms with Crippen LogP contribution in [0.15, 0.2) is 30.6 Å². The van der Waals surface area contributed by atoms with Gasteiger partial charge in [0.1, 0.15) is 0 Å². The summed E-state index contributed by atoms with van der Waals surface area (Å²) >= 11 is 1.93. The Hall–Kier alpha value is -1.04. The lowest BCUT2D eigenvalue weighted by Gasteiger charge is -2.36. The molecule has 0 unspecified atom stereocenters. The van der Waals surface area contributed by atoms with Crippen LogP contribution in [-0.4, -0.2) is 57.3 Å². The molecule has 1 aromatic heterocycles. The van der Waals surface area contributed by atoms with E-state index in [0.717, 1.165) is 23.9 Å². The zero-order valence-electron chi connectivity index (χ0n) is 14.3. The number of para-hydroxylation sites is 2. The zero-order chi connectivity index (χ0) is 16.5. The van der Waals surface area contributed by atoms with Crippen LogP contribution in [0.5, 0.6) is 0 Å². The van der Waals surface area contributed by atoms with E-state index in [1.54, 1.807) is 0 Å². The lowest BCUT2D eigenvalue weighted by Crippen LogP contribution is -2.36. The number of imidazole rings is 1. The molecule has 130 valence electrons. The highest BCUT2D eigenvalue weighted by Gasteiger charge is 2.42. The Morgan fingerprint density at radius 2 is 2.00 bits per heavy atom. The Kier molecular flexibility index (Phi) is 4.83. The summed E-state index contributed by atoms with van der Waals surface area (Å²) in [6, 6.07) is 8.42. The van der Waals surface area contributed by atoms with Crippen LogP contribution < -0.4 is 0 Å². The van der Waals surface area contributed by atoms with Crippen molar-refractivity contribution in [2.45, 2.75) is 31.4 Å². The van der Waals surface area contributed by atoms with Crippen molar-refractivity contribution in [2.75, 3.05) is 31.6 Å². The van der Waals surface area contributed by atoms with Crippen LogP contribution >= 0.6 is 11.8 Å². The summed E-state index contributed by atoms with van der Waals surface area (Å²) in [7, 11) is 0. The average molecular weight is 346 g/mol. The van der Waals surface area contributed by atoms with Gasteiger partial charge in [0.2, 0.25) is 0 Å². The summed E-state index contributed by atoms with van der Waals surface area (Å²) in [5.41, 5.74) is 2.17. The molecular formula is C19H27N3OS. The van der Waals surface area contributed by atoms with Crippen LogP contribution in [0, 0.1) is 11.8 Å². The van der Waals surface area contributed by atoms with Gasteiger partial charge < -0.3 is 14.6 Å². The minimum Gasteiger partial charge on any atom is -0.391 e. The first-order valence-corrected chi connectivity index (χ1v) is 10.5. The maximum Gasteiger partial charge on any atom is 0.0961 e. The fourth-order valence-corrected chi connectivity index (χ4v) is 5.08. The third kappa shape index (κ3) is 3.09. The normalized spacial score (nSPS) is 30.8. The molecule has 1 N–H and O–H groups in total. The highest BCUT2D eigenvalue weighted by atomic mass is 32.2. The van der Waals surface area contributed by atoms with Crippen LogP contribution in [0.1, 0.15) is 25.3 Å². The van der Waals surface area contributed by atoms with Crippen molar-refractivity contribution in [3.8, 4) is 0 Å². The van der Waals surface area contributed by atoms with Gasteiger partial charge >= 0.3 is 0 Å². The molecular weight excluding hydrogens is 318 g/mol. The van der Waals surface area contributed by atoms with E-state index in [-0.39, 0.29) is 12.1 Å². The number of aliphatic hydroxyl groups is 1. The van der Waals surface area contributed by atoms with E-state index in [0.29, 0.717) is 11.8 Å². The summed E-state index contributed by atoms with van der Waals surface area (Å²) in [6.07, 6.45) is 7.13. The minimum absolute atomic E-state index is 0.171. The summed E-state index contributed by atoms with van der Waals surface area (Å²) in [5.74, 6) is 2.63. The standard InChI is InChI=1S/C19H27N3OS/c1-24-8-4-7-21-11-14-9-18(19(23)10-15(14)12-21)22-13-20-16-5-2-3-6-17(16)22/h2-3,5-6,13-15,18-19,23H,4,7-12H2,1H3/t14-,15+,18-,19-/m1/s1. The van der Waals surface area contributed by atoms with Crippen LogP contribution in [0.3, 0.4) is 0 Å². The Morgan fingerprint density at radius 3 is 2.83 bits per heavy atom. The van der Waals surface area contributed by atoms with Crippen molar-refractivity contribution in [1.82, 2.24) is 14.5 Å². The van der Waals surface area contributed by atoms with Gasteiger partial charge in [-0.25, -0.2) is 4.98 Å². The van der Waals surface area contributed by atoms with Gasteiger partial charge in [-0.05, 0) is 61.8 Å². The Morgan fingerprint density at radius 1 is 1.21 bits per heavy atom. The molecule has 4 nitrogen and oxygen atoms in total. The summed E-state index contributed by atoms with van der Waals surface area (Å²) in [6.45, 7) is 3.59. The van der Waals surface area contributed by atoms with Gasteiger partial charge in [-0.1, -0.05) is 12.1 Å². The molecule has 1 saturated carbocycles. The van der Waals surface area contributed by atoms with E-state index < -0.39 is 0 Å². The quantitative estimate of drug-likeness (QED) is 0.846. The third-order valence-electron chi connectivity index (χ3n) is 5.85. The first kappa shape index (κ1) is 16.4. The van der Waals surface area contributed by atoms with Crippen molar-refractivity contribution >= 4 is 22.8 Å². The van der Waals surface area contributed by atoms with E-state index in [9.17, 15) is 5.11 Å². The molecule has 4 rings (SSSR count). The maximum absolute atomic E-state index is 10.8. The highest BCUT2D eigenvalue weighted by molar-refractivity contribution is 7.98. The number of benzene rings is 1. The topological polar surface area (TPSA) is 41.3 Å². The number of fused-ring (bicyclic) bond motifs is 2. The van der Waals surface area contributed by atoms with Gasteiger partial charge in [-0.15, -0.1) is 0 Å². The van der Waals surface area contributed by atoms with Crippen LogP contribution in [0.4, 0.5) is 0 Å². The van der Waals surface area contributed by atoms with Crippen LogP contribution in [-0.2, 0) is 0 Å². The summed E-state index contributed by atoms with van der Waals surface area (Å²) < 4.78 is 2.21. The molecule has 0 bridgehead atoms. The molecule has 2 aliphatic rings. The number of thioether (sulfide) groups is 1. The molecule has 2 aromatic rings. The molecule has 4 atom stereocenters. The average Bonchev–Trinajstić information content (AvgIpc) is 3.17. The SMILES string of the molecule is CSCCCN1C[C@H]2C[C@@H](n3cnc4ccccc43)[C@H](O)C[C@H]2C1. The van der Waals surface area contributed by atoms with Crippen molar-refractivity contribution in [2.24, 2.45) is 11.8 Å². The molecule has 24 heavy (non-hydrogen) atoms. The molecule has 5 heteroatoms. The van der Waals surface area contributed by atoms with Gasteiger partial charge in [0.05, 0.1) is 29.5 Å². The number of aliphatic hydroxyl groups excluding tert-OH is 1. The van der Waals surface area contributed by atoms with Crippen molar-refractivity contribution in [3.05, 3.63) is 30.6 Å². The Bertz CT molecular complexity index is 688. The number of likely N-dealkylation sites (tertiary alicyclic amines) is 1. The highest BCUT2D eigenvalue weighted by Crippen LogP contribution is 2.42. The first-order chi connectivity index (χ1) is 11.8. The molecule has 0 spiro atoms. The molecule has 1 aromatic carbocycles. The van der Waals surface area contributed by atoms with E-state index >= 15 is 0 Å². The van der Waals surface area contributed by atoms with Gasteiger partial charge in [-0.3, -0.25) is 0 Å². The smallest absolute Gasteiger partial charge is 0.0961 e. The fourth-order valence-electron chi connectivity index (χ4n) is 4.66. The second-order valence-electron chi connectivity index (χ2n) is 7.37. The van der Waals surface area contributed by atoms with Gasteiger partial charge in [0, 0.05) is 13.1 Å². The lowest BCUT2D eigenvalue weighted by atomic mass is 9.77. The van der Waals surface area contributed by atoms with E-state index in [2.05, 4.69) is 32.8 Å². The molecule has 1 aliphatic carbocycles.